The third kappa shape index (κ3) is 2.94. The lowest BCUT2D eigenvalue weighted by atomic mass is 10.0. The highest BCUT2D eigenvalue weighted by Gasteiger charge is 2.15. The maximum Gasteiger partial charge on any atom is 0.258 e. The molecule has 0 unspecified atom stereocenters. The summed E-state index contributed by atoms with van der Waals surface area (Å²) in [6, 6.07) is 13.0. The zero-order valence-corrected chi connectivity index (χ0v) is 13.4. The van der Waals surface area contributed by atoms with Crippen LogP contribution in [0.4, 0.5) is 5.95 Å². The van der Waals surface area contributed by atoms with E-state index in [0.717, 1.165) is 16.5 Å². The molecule has 1 N–H and O–H groups in total. The largest absolute Gasteiger partial charge is 0.289 e. The minimum absolute atomic E-state index is 0.260. The van der Waals surface area contributed by atoms with Crippen LogP contribution in [0.15, 0.2) is 61.2 Å². The number of aromatic nitrogens is 5. The van der Waals surface area contributed by atoms with Crippen LogP contribution in [-0.2, 0) is 7.05 Å². The van der Waals surface area contributed by atoms with Crippen molar-refractivity contribution in [1.82, 2.24) is 24.7 Å². The first-order valence-electron chi connectivity index (χ1n) is 7.68. The van der Waals surface area contributed by atoms with Gasteiger partial charge in [-0.2, -0.15) is 0 Å². The van der Waals surface area contributed by atoms with Gasteiger partial charge in [0.1, 0.15) is 6.33 Å². The van der Waals surface area contributed by atoms with E-state index in [1.54, 1.807) is 25.5 Å². The number of hydrogen-bond donors (Lipinski definition) is 1. The minimum Gasteiger partial charge on any atom is -0.289 e. The molecule has 3 heterocycles. The van der Waals surface area contributed by atoms with Crippen molar-refractivity contribution in [2.45, 2.75) is 0 Å². The maximum absolute atomic E-state index is 12.8. The van der Waals surface area contributed by atoms with Crippen LogP contribution in [0.25, 0.3) is 22.2 Å². The van der Waals surface area contributed by atoms with E-state index in [-0.39, 0.29) is 11.9 Å². The molecule has 0 aliphatic rings. The second-order valence-electron chi connectivity index (χ2n) is 5.51. The van der Waals surface area contributed by atoms with Crippen LogP contribution in [-0.4, -0.2) is 30.6 Å². The highest BCUT2D eigenvalue weighted by Crippen LogP contribution is 2.24. The fraction of sp³-hybridized carbons (Fsp3) is 0.0556. The van der Waals surface area contributed by atoms with Crippen LogP contribution in [0.3, 0.4) is 0 Å². The molecule has 7 heteroatoms. The number of carbonyl (C=O) groups is 1. The number of hydrogen-bond acceptors (Lipinski definition) is 5. The van der Waals surface area contributed by atoms with E-state index < -0.39 is 0 Å². The number of fused-ring (bicyclic) bond motifs is 1. The van der Waals surface area contributed by atoms with Crippen molar-refractivity contribution in [2.24, 2.45) is 7.05 Å². The Morgan fingerprint density at radius 3 is 2.80 bits per heavy atom. The van der Waals surface area contributed by atoms with Crippen LogP contribution in [0.1, 0.15) is 10.4 Å². The van der Waals surface area contributed by atoms with Gasteiger partial charge < -0.3 is 0 Å². The molecule has 0 saturated carbocycles. The molecule has 1 amide bonds. The molecule has 0 bridgehead atoms. The number of benzene rings is 1. The van der Waals surface area contributed by atoms with Crippen LogP contribution < -0.4 is 5.32 Å². The third-order valence-electron chi connectivity index (χ3n) is 3.74. The monoisotopic (exact) mass is 330 g/mol. The van der Waals surface area contributed by atoms with Gasteiger partial charge in [-0.25, -0.2) is 9.97 Å². The maximum atomic E-state index is 12.8. The van der Waals surface area contributed by atoms with E-state index in [0.29, 0.717) is 11.3 Å². The van der Waals surface area contributed by atoms with Crippen molar-refractivity contribution >= 4 is 22.8 Å². The van der Waals surface area contributed by atoms with E-state index in [2.05, 4.69) is 25.4 Å². The molecule has 7 nitrogen and oxygen atoms in total. The molecular weight excluding hydrogens is 316 g/mol. The van der Waals surface area contributed by atoms with Crippen LogP contribution in [0, 0.1) is 0 Å². The average molecular weight is 330 g/mol. The van der Waals surface area contributed by atoms with Gasteiger partial charge in [-0.05, 0) is 24.3 Å². The zero-order valence-electron chi connectivity index (χ0n) is 13.4. The Labute approximate surface area is 143 Å². The van der Waals surface area contributed by atoms with Crippen LogP contribution in [0.5, 0.6) is 0 Å². The molecular formula is C18H14N6O. The predicted molar refractivity (Wildman–Crippen MR) is 93.9 cm³/mol. The Bertz CT molecular complexity index is 1060. The first-order valence-corrected chi connectivity index (χ1v) is 7.68. The van der Waals surface area contributed by atoms with Gasteiger partial charge in [-0.15, -0.1) is 5.10 Å². The molecule has 4 rings (SSSR count). The number of carbonyl (C=O) groups excluding carboxylic acids is 1. The van der Waals surface area contributed by atoms with Crippen molar-refractivity contribution in [1.29, 1.82) is 0 Å². The molecule has 0 spiro atoms. The second kappa shape index (κ2) is 6.12. The zero-order chi connectivity index (χ0) is 17.2. The Morgan fingerprint density at radius 2 is 2.04 bits per heavy atom. The summed E-state index contributed by atoms with van der Waals surface area (Å²) in [6.45, 7) is 0. The van der Waals surface area contributed by atoms with E-state index >= 15 is 0 Å². The fourth-order valence-electron chi connectivity index (χ4n) is 2.59. The summed E-state index contributed by atoms with van der Waals surface area (Å²) in [5, 5.41) is 7.58. The molecule has 0 fully saturated rings. The lowest BCUT2D eigenvalue weighted by molar-refractivity contribution is 0.102. The summed E-state index contributed by atoms with van der Waals surface area (Å²) >= 11 is 0. The molecule has 1 aromatic carbocycles. The fourth-order valence-corrected chi connectivity index (χ4v) is 2.59. The van der Waals surface area contributed by atoms with Gasteiger partial charge >= 0.3 is 0 Å². The second-order valence-corrected chi connectivity index (χ2v) is 5.51. The normalized spacial score (nSPS) is 10.8. The molecule has 0 aliphatic heterocycles. The smallest absolute Gasteiger partial charge is 0.258 e. The summed E-state index contributed by atoms with van der Waals surface area (Å²) in [4.78, 5) is 25.6. The van der Waals surface area contributed by atoms with Gasteiger partial charge in [-0.1, -0.05) is 18.2 Å². The summed E-state index contributed by atoms with van der Waals surface area (Å²) in [5.74, 6) is -0.0220. The highest BCUT2D eigenvalue weighted by molar-refractivity contribution is 6.12. The van der Waals surface area contributed by atoms with Crippen molar-refractivity contribution in [3.63, 3.8) is 0 Å². The first-order chi connectivity index (χ1) is 12.2. The van der Waals surface area contributed by atoms with Gasteiger partial charge in [0.25, 0.3) is 5.91 Å². The molecule has 122 valence electrons. The average Bonchev–Trinajstić information content (AvgIpc) is 3.06. The topological polar surface area (TPSA) is 85.6 Å². The summed E-state index contributed by atoms with van der Waals surface area (Å²) in [6.07, 6.45) is 4.95. The lowest BCUT2D eigenvalue weighted by Crippen LogP contribution is -2.14. The van der Waals surface area contributed by atoms with Crippen molar-refractivity contribution in [3.05, 3.63) is 66.7 Å². The number of aryl methyl sites for hydroxylation is 1. The molecule has 4 aromatic rings. The Kier molecular flexibility index (Phi) is 3.66. The lowest BCUT2D eigenvalue weighted by Gasteiger charge is -2.09. The van der Waals surface area contributed by atoms with E-state index in [4.69, 9.17) is 0 Å². The van der Waals surface area contributed by atoms with Crippen LogP contribution >= 0.6 is 0 Å². The van der Waals surface area contributed by atoms with E-state index in [1.165, 1.54) is 11.0 Å². The standard InChI is InChI=1S/C18H14N6O/c1-24-11-20-18(23-24)22-17(25)14-9-16(12-5-4-8-19-10-12)21-15-7-3-2-6-13(14)15/h2-11H,1H3,(H,22,23,25). The molecule has 25 heavy (non-hydrogen) atoms. The van der Waals surface area contributed by atoms with Gasteiger partial charge in [0.15, 0.2) is 0 Å². The predicted octanol–water partition coefficient (Wildman–Crippen LogP) is 2.68. The summed E-state index contributed by atoms with van der Waals surface area (Å²) < 4.78 is 1.53. The SMILES string of the molecule is Cn1cnc(NC(=O)c2cc(-c3cccnc3)nc3ccccc23)n1. The Hall–Kier alpha value is -3.61. The molecule has 0 saturated heterocycles. The number of pyridine rings is 2. The third-order valence-corrected chi connectivity index (χ3v) is 3.74. The molecule has 0 radical (unpaired) electrons. The van der Waals surface area contributed by atoms with Gasteiger partial charge in [0, 0.05) is 30.4 Å². The molecule has 3 aromatic heterocycles. The molecule has 0 atom stereocenters. The van der Waals surface area contributed by atoms with E-state index in [1.807, 2.05) is 36.4 Å². The number of nitrogens with zero attached hydrogens (tertiary/aromatic N) is 5. The number of para-hydroxylation sites is 1. The Morgan fingerprint density at radius 1 is 1.16 bits per heavy atom. The summed E-state index contributed by atoms with van der Waals surface area (Å²) in [7, 11) is 1.74. The number of rotatable bonds is 3. The van der Waals surface area contributed by atoms with Crippen LogP contribution in [0.2, 0.25) is 0 Å². The number of amides is 1. The van der Waals surface area contributed by atoms with Crippen molar-refractivity contribution in [2.75, 3.05) is 5.32 Å². The minimum atomic E-state index is -0.282. The van der Waals surface area contributed by atoms with E-state index in [9.17, 15) is 4.79 Å². The van der Waals surface area contributed by atoms with Crippen molar-refractivity contribution in [3.8, 4) is 11.3 Å². The van der Waals surface area contributed by atoms with Crippen molar-refractivity contribution < 1.29 is 4.79 Å². The Balaban J connectivity index is 1.82. The summed E-state index contributed by atoms with van der Waals surface area (Å²) in [5.41, 5.74) is 2.78. The quantitative estimate of drug-likeness (QED) is 0.624. The number of nitrogens with one attached hydrogen (secondary N) is 1. The van der Waals surface area contributed by atoms with Gasteiger partial charge in [0.05, 0.1) is 16.8 Å². The highest BCUT2D eigenvalue weighted by atomic mass is 16.1. The number of anilines is 1. The van der Waals surface area contributed by atoms with Gasteiger partial charge in [0.2, 0.25) is 5.95 Å². The van der Waals surface area contributed by atoms with Gasteiger partial charge in [-0.3, -0.25) is 19.8 Å². The first kappa shape index (κ1) is 14.9. The molecule has 0 aliphatic carbocycles.